The molecular weight excluding hydrogens is 406 g/mol. The minimum absolute atomic E-state index is 0. The van der Waals surface area contributed by atoms with Crippen LogP contribution < -0.4 is 11.2 Å². The van der Waals surface area contributed by atoms with Gasteiger partial charge in [0.25, 0.3) is 0 Å². The summed E-state index contributed by atoms with van der Waals surface area (Å²) in [4.78, 5) is 18.1. The predicted octanol–water partition coefficient (Wildman–Crippen LogP) is 5.14. The number of aromatic nitrogens is 2. The molecule has 1 aliphatic heterocycles. The third-order valence-electron chi connectivity index (χ3n) is 6.18. The van der Waals surface area contributed by atoms with Gasteiger partial charge in [-0.2, -0.15) is 0 Å². The molecule has 0 spiro atoms. The number of fused-ring (bicyclic) bond motifs is 5. The summed E-state index contributed by atoms with van der Waals surface area (Å²) in [6, 6.07) is 19.1. The molecule has 0 saturated carbocycles. The number of hydrogen-bond acceptors (Lipinski definition) is 2. The summed E-state index contributed by atoms with van der Waals surface area (Å²) in [5.41, 5.74) is 8.46. The van der Waals surface area contributed by atoms with Gasteiger partial charge in [-0.1, -0.05) is 54.1 Å². The minimum Gasteiger partial charge on any atom is -0.293 e. The van der Waals surface area contributed by atoms with Gasteiger partial charge >= 0.3 is 5.69 Å². The van der Waals surface area contributed by atoms with E-state index in [0.29, 0.717) is 12.0 Å². The van der Waals surface area contributed by atoms with Crippen LogP contribution in [0.1, 0.15) is 22.3 Å². The van der Waals surface area contributed by atoms with E-state index in [1.807, 2.05) is 11.6 Å². The van der Waals surface area contributed by atoms with Crippen LogP contribution in [0.25, 0.3) is 22.0 Å². The van der Waals surface area contributed by atoms with E-state index in [1.165, 1.54) is 21.9 Å². The number of hydrogen-bond donors (Lipinski definition) is 0. The van der Waals surface area contributed by atoms with E-state index < -0.39 is 0 Å². The van der Waals surface area contributed by atoms with Crippen molar-refractivity contribution in [3.63, 3.8) is 0 Å². The predicted molar refractivity (Wildman–Crippen MR) is 129 cm³/mol. The lowest BCUT2D eigenvalue weighted by atomic mass is 9.92. The molecule has 5 rings (SSSR count). The number of nitrogens with zero attached hydrogens (tertiary/aromatic N) is 3. The molecule has 2 heterocycles. The van der Waals surface area contributed by atoms with Crippen molar-refractivity contribution in [3.05, 3.63) is 92.8 Å². The number of halogens is 1. The molecule has 31 heavy (non-hydrogen) atoms. The van der Waals surface area contributed by atoms with Gasteiger partial charge in [0, 0.05) is 25.2 Å². The largest absolute Gasteiger partial charge is 0.329 e. The molecule has 0 radical (unpaired) electrons. The van der Waals surface area contributed by atoms with Gasteiger partial charge in [0.2, 0.25) is 0 Å². The van der Waals surface area contributed by atoms with Crippen molar-refractivity contribution in [1.82, 2.24) is 9.13 Å². The highest BCUT2D eigenvalue weighted by atomic mass is 35.5. The van der Waals surface area contributed by atoms with E-state index in [1.54, 1.807) is 4.57 Å². The molecule has 0 saturated heterocycles. The molecule has 0 N–H and O–H groups in total. The average Bonchev–Trinajstić information content (AvgIpc) is 2.73. The van der Waals surface area contributed by atoms with Gasteiger partial charge in [0.1, 0.15) is 5.49 Å². The van der Waals surface area contributed by atoms with E-state index in [0.717, 1.165) is 34.5 Å². The van der Waals surface area contributed by atoms with Crippen LogP contribution in [0.15, 0.2) is 64.4 Å². The molecule has 4 nitrogen and oxygen atoms in total. The third kappa shape index (κ3) is 3.41. The lowest BCUT2D eigenvalue weighted by molar-refractivity contribution is 0.591. The fourth-order valence-corrected chi connectivity index (χ4v) is 4.76. The van der Waals surface area contributed by atoms with Gasteiger partial charge in [-0.05, 0) is 54.7 Å². The van der Waals surface area contributed by atoms with Gasteiger partial charge in [-0.15, -0.1) is 12.4 Å². The van der Waals surface area contributed by atoms with Gasteiger partial charge in [0.15, 0.2) is 0 Å². The van der Waals surface area contributed by atoms with Crippen LogP contribution in [-0.4, -0.2) is 9.13 Å². The van der Waals surface area contributed by atoms with Crippen LogP contribution in [0, 0.1) is 20.8 Å². The molecule has 0 unspecified atom stereocenters. The minimum atomic E-state index is -0.0209. The Morgan fingerprint density at radius 3 is 2.39 bits per heavy atom. The number of benzene rings is 3. The summed E-state index contributed by atoms with van der Waals surface area (Å²) in [6.07, 6.45) is 0.857. The molecule has 0 atom stereocenters. The fraction of sp³-hybridized carbons (Fsp3) is 0.231. The van der Waals surface area contributed by atoms with E-state index >= 15 is 0 Å². The average molecular weight is 432 g/mol. The van der Waals surface area contributed by atoms with Crippen LogP contribution in [-0.2, 0) is 20.0 Å². The Kier molecular flexibility index (Phi) is 5.36. The molecule has 0 aliphatic carbocycles. The highest BCUT2D eigenvalue weighted by Gasteiger charge is 2.20. The van der Waals surface area contributed by atoms with Crippen molar-refractivity contribution in [2.75, 3.05) is 0 Å². The van der Waals surface area contributed by atoms with Crippen LogP contribution in [0.3, 0.4) is 0 Å². The van der Waals surface area contributed by atoms with Crippen LogP contribution >= 0.6 is 12.4 Å². The second-order valence-corrected chi connectivity index (χ2v) is 8.30. The molecule has 3 aromatic carbocycles. The zero-order valence-electron chi connectivity index (χ0n) is 18.3. The lowest BCUT2D eigenvalue weighted by Crippen LogP contribution is -2.40. The summed E-state index contributed by atoms with van der Waals surface area (Å²) in [5, 5.41) is 2.51. The maximum absolute atomic E-state index is 13.2. The number of rotatable bonds is 1. The summed E-state index contributed by atoms with van der Waals surface area (Å²) in [5.74, 6) is 0. The maximum Gasteiger partial charge on any atom is 0.329 e. The smallest absolute Gasteiger partial charge is 0.293 e. The molecule has 4 aromatic rings. The van der Waals surface area contributed by atoms with Crippen LogP contribution in [0.2, 0.25) is 0 Å². The molecule has 0 amide bonds. The topological polar surface area (TPSA) is 39.3 Å². The van der Waals surface area contributed by atoms with E-state index in [9.17, 15) is 4.79 Å². The van der Waals surface area contributed by atoms with Crippen LogP contribution in [0.4, 0.5) is 5.69 Å². The SMILES string of the molecule is Cc1cc(C)c(N=c2cc3n(c(=O)n2C)CCc2c-3ccc3ccccc23)c(C)c1.Cl. The standard InChI is InChI=1S/C26H25N3O.ClH/c1-16-13-17(2)25(18(3)14-16)27-24-15-23-22-10-9-19-7-5-6-8-20(19)21(22)11-12-29(23)26(30)28(24)4;/h5-10,13-15H,11-12H2,1-4H3;1H. The Bertz CT molecular complexity index is 1440. The maximum atomic E-state index is 13.2. The van der Waals surface area contributed by atoms with E-state index in [-0.39, 0.29) is 18.1 Å². The van der Waals surface area contributed by atoms with Gasteiger partial charge in [-0.3, -0.25) is 9.13 Å². The number of aryl methyl sites for hydroxylation is 4. The molecule has 1 aliphatic rings. The summed E-state index contributed by atoms with van der Waals surface area (Å²) in [6.45, 7) is 6.93. The molecule has 5 heteroatoms. The van der Waals surface area contributed by atoms with Gasteiger partial charge in [-0.25, -0.2) is 9.79 Å². The van der Waals surface area contributed by atoms with Crippen molar-refractivity contribution in [2.24, 2.45) is 12.0 Å². The first-order valence-corrected chi connectivity index (χ1v) is 10.4. The zero-order chi connectivity index (χ0) is 21.0. The van der Waals surface area contributed by atoms with E-state index in [2.05, 4.69) is 75.4 Å². The first kappa shape index (κ1) is 21.1. The Labute approximate surface area is 187 Å². The van der Waals surface area contributed by atoms with Crippen molar-refractivity contribution >= 4 is 28.9 Å². The van der Waals surface area contributed by atoms with Crippen molar-refractivity contribution in [1.29, 1.82) is 0 Å². The Hall–Kier alpha value is -3.11. The van der Waals surface area contributed by atoms with Crippen molar-refractivity contribution in [2.45, 2.75) is 33.7 Å². The van der Waals surface area contributed by atoms with Gasteiger partial charge in [0.05, 0.1) is 11.4 Å². The van der Waals surface area contributed by atoms with Crippen LogP contribution in [0.5, 0.6) is 0 Å². The zero-order valence-corrected chi connectivity index (χ0v) is 19.1. The molecule has 0 bridgehead atoms. The highest BCUT2D eigenvalue weighted by molar-refractivity contribution is 5.91. The Morgan fingerprint density at radius 1 is 0.935 bits per heavy atom. The Morgan fingerprint density at radius 2 is 1.65 bits per heavy atom. The second-order valence-electron chi connectivity index (χ2n) is 8.30. The first-order valence-electron chi connectivity index (χ1n) is 10.4. The first-order chi connectivity index (χ1) is 14.4. The molecule has 158 valence electrons. The summed E-state index contributed by atoms with van der Waals surface area (Å²) < 4.78 is 3.54. The highest BCUT2D eigenvalue weighted by Crippen LogP contribution is 2.33. The molecule has 1 aromatic heterocycles. The monoisotopic (exact) mass is 431 g/mol. The summed E-state index contributed by atoms with van der Waals surface area (Å²) in [7, 11) is 1.81. The van der Waals surface area contributed by atoms with Crippen molar-refractivity contribution < 1.29 is 0 Å². The fourth-order valence-electron chi connectivity index (χ4n) is 4.76. The quantitative estimate of drug-likeness (QED) is 0.411. The van der Waals surface area contributed by atoms with E-state index in [4.69, 9.17) is 4.99 Å². The summed E-state index contributed by atoms with van der Waals surface area (Å²) >= 11 is 0. The molecule has 0 fully saturated rings. The van der Waals surface area contributed by atoms with Crippen molar-refractivity contribution in [3.8, 4) is 11.3 Å². The lowest BCUT2D eigenvalue weighted by Gasteiger charge is -2.24. The Balaban J connectivity index is 0.00000231. The second kappa shape index (κ2) is 7.86. The normalized spacial score (nSPS) is 13.0. The third-order valence-corrected chi connectivity index (χ3v) is 6.18. The molecular formula is C26H26ClN3O. The van der Waals surface area contributed by atoms with Gasteiger partial charge < -0.3 is 0 Å².